The number of methoxy groups -OCH3 is 1. The van der Waals surface area contributed by atoms with Crippen LogP contribution < -0.4 is 10.6 Å². The fourth-order valence-electron chi connectivity index (χ4n) is 2.98. The highest BCUT2D eigenvalue weighted by molar-refractivity contribution is 5.57. The van der Waals surface area contributed by atoms with Gasteiger partial charge in [-0.05, 0) is 55.9 Å². The Bertz CT molecular complexity index is 460. The van der Waals surface area contributed by atoms with Crippen LogP contribution in [0.5, 0.6) is 0 Å². The smallest absolute Gasteiger partial charge is 0.126 e. The summed E-state index contributed by atoms with van der Waals surface area (Å²) in [6, 6.07) is 3.36. The second kappa shape index (κ2) is 6.55. The highest BCUT2D eigenvalue weighted by Gasteiger charge is 2.23. The molecule has 1 aromatic carbocycles. The standard InChI is InChI=1S/C16H25FN2O/c1-11-7-16(14(12(2)18)8-15(11)17)19-6-4-5-13(9-19)10-20-3/h7-8,12-13H,4-6,9-10,18H2,1-3H3/t12-,13?/m0/s1. The maximum absolute atomic E-state index is 13.8. The van der Waals surface area contributed by atoms with Gasteiger partial charge in [-0.3, -0.25) is 0 Å². The molecule has 0 bridgehead atoms. The molecule has 2 N–H and O–H groups in total. The minimum absolute atomic E-state index is 0.164. The van der Waals surface area contributed by atoms with E-state index in [0.29, 0.717) is 11.5 Å². The summed E-state index contributed by atoms with van der Waals surface area (Å²) < 4.78 is 19.1. The third kappa shape index (κ3) is 3.30. The van der Waals surface area contributed by atoms with Crippen LogP contribution in [-0.4, -0.2) is 26.8 Å². The topological polar surface area (TPSA) is 38.5 Å². The summed E-state index contributed by atoms with van der Waals surface area (Å²) in [5.74, 6) is 0.367. The minimum atomic E-state index is -0.175. The Morgan fingerprint density at radius 1 is 1.50 bits per heavy atom. The molecular formula is C16H25FN2O. The number of hydrogen-bond donors (Lipinski definition) is 1. The first-order chi connectivity index (χ1) is 9.52. The van der Waals surface area contributed by atoms with E-state index in [9.17, 15) is 4.39 Å². The quantitative estimate of drug-likeness (QED) is 0.921. The van der Waals surface area contributed by atoms with Gasteiger partial charge < -0.3 is 15.4 Å². The van der Waals surface area contributed by atoms with Crippen molar-refractivity contribution in [2.75, 3.05) is 31.7 Å². The van der Waals surface area contributed by atoms with Gasteiger partial charge in [-0.2, -0.15) is 0 Å². The molecule has 1 unspecified atom stereocenters. The number of hydrogen-bond acceptors (Lipinski definition) is 3. The minimum Gasteiger partial charge on any atom is -0.384 e. The van der Waals surface area contributed by atoms with Crippen LogP contribution in [0.2, 0.25) is 0 Å². The van der Waals surface area contributed by atoms with Crippen LogP contribution >= 0.6 is 0 Å². The van der Waals surface area contributed by atoms with Crippen molar-refractivity contribution in [3.05, 3.63) is 29.1 Å². The largest absolute Gasteiger partial charge is 0.384 e. The molecule has 1 saturated heterocycles. The number of ether oxygens (including phenoxy) is 1. The van der Waals surface area contributed by atoms with Crippen molar-refractivity contribution in [1.29, 1.82) is 0 Å². The van der Waals surface area contributed by atoms with Crippen molar-refractivity contribution in [2.24, 2.45) is 11.7 Å². The molecule has 1 aromatic rings. The van der Waals surface area contributed by atoms with Gasteiger partial charge >= 0.3 is 0 Å². The van der Waals surface area contributed by atoms with Crippen LogP contribution in [0.25, 0.3) is 0 Å². The van der Waals surface area contributed by atoms with Gasteiger partial charge in [-0.15, -0.1) is 0 Å². The number of nitrogens with two attached hydrogens (primary N) is 1. The van der Waals surface area contributed by atoms with E-state index in [2.05, 4.69) is 4.90 Å². The zero-order valence-electron chi connectivity index (χ0n) is 12.7. The second-order valence-electron chi connectivity index (χ2n) is 5.86. The fraction of sp³-hybridized carbons (Fsp3) is 0.625. The molecule has 20 heavy (non-hydrogen) atoms. The number of benzene rings is 1. The average Bonchev–Trinajstić information content (AvgIpc) is 2.42. The van der Waals surface area contributed by atoms with E-state index in [1.807, 2.05) is 13.0 Å². The Morgan fingerprint density at radius 3 is 2.90 bits per heavy atom. The number of nitrogens with zero attached hydrogens (tertiary/aromatic N) is 1. The second-order valence-corrected chi connectivity index (χ2v) is 5.86. The summed E-state index contributed by atoms with van der Waals surface area (Å²) in [6.45, 7) is 6.46. The lowest BCUT2D eigenvalue weighted by atomic mass is 9.96. The van der Waals surface area contributed by atoms with Gasteiger partial charge in [0.05, 0.1) is 6.61 Å². The first-order valence-electron chi connectivity index (χ1n) is 7.32. The lowest BCUT2D eigenvalue weighted by molar-refractivity contribution is 0.143. The molecule has 1 heterocycles. The molecule has 0 aromatic heterocycles. The van der Waals surface area contributed by atoms with Gasteiger partial charge in [0, 0.05) is 31.9 Å². The highest BCUT2D eigenvalue weighted by Crippen LogP contribution is 2.31. The molecule has 0 saturated carbocycles. The molecule has 0 radical (unpaired) electrons. The Kier molecular flexibility index (Phi) is 5.00. The molecule has 3 nitrogen and oxygen atoms in total. The Morgan fingerprint density at radius 2 is 2.25 bits per heavy atom. The van der Waals surface area contributed by atoms with E-state index >= 15 is 0 Å². The number of anilines is 1. The average molecular weight is 280 g/mol. The van der Waals surface area contributed by atoms with E-state index < -0.39 is 0 Å². The third-order valence-electron chi connectivity index (χ3n) is 4.06. The molecule has 0 amide bonds. The number of aryl methyl sites for hydroxylation is 1. The fourth-order valence-corrected chi connectivity index (χ4v) is 2.98. The zero-order valence-corrected chi connectivity index (χ0v) is 12.7. The van der Waals surface area contributed by atoms with Crippen molar-refractivity contribution in [3.8, 4) is 0 Å². The van der Waals surface area contributed by atoms with Gasteiger partial charge in [-0.1, -0.05) is 0 Å². The van der Waals surface area contributed by atoms with E-state index in [4.69, 9.17) is 10.5 Å². The van der Waals surface area contributed by atoms with Crippen LogP contribution in [0.4, 0.5) is 10.1 Å². The Hall–Kier alpha value is -1.13. The first-order valence-corrected chi connectivity index (χ1v) is 7.32. The monoisotopic (exact) mass is 280 g/mol. The summed E-state index contributed by atoms with van der Waals surface area (Å²) in [6.07, 6.45) is 2.33. The summed E-state index contributed by atoms with van der Waals surface area (Å²) in [7, 11) is 1.74. The van der Waals surface area contributed by atoms with Gasteiger partial charge in [0.2, 0.25) is 0 Å². The highest BCUT2D eigenvalue weighted by atomic mass is 19.1. The number of piperidine rings is 1. The van der Waals surface area contributed by atoms with Gasteiger partial charge in [-0.25, -0.2) is 4.39 Å². The van der Waals surface area contributed by atoms with Crippen LogP contribution in [-0.2, 0) is 4.74 Å². The molecule has 112 valence electrons. The van der Waals surface area contributed by atoms with E-state index in [0.717, 1.165) is 37.4 Å². The van der Waals surface area contributed by atoms with E-state index in [-0.39, 0.29) is 11.9 Å². The summed E-state index contributed by atoms with van der Waals surface area (Å²) >= 11 is 0. The number of halogens is 1. The van der Waals surface area contributed by atoms with E-state index in [1.54, 1.807) is 20.1 Å². The van der Waals surface area contributed by atoms with Gasteiger partial charge in [0.15, 0.2) is 0 Å². The first kappa shape index (κ1) is 15.3. The summed E-state index contributed by atoms with van der Waals surface area (Å²) in [5.41, 5.74) is 8.67. The molecule has 1 aliphatic rings. The normalized spacial score (nSPS) is 21.1. The van der Waals surface area contributed by atoms with Crippen molar-refractivity contribution in [3.63, 3.8) is 0 Å². The summed E-state index contributed by atoms with van der Waals surface area (Å²) in [4.78, 5) is 2.33. The van der Waals surface area contributed by atoms with Crippen molar-refractivity contribution in [1.82, 2.24) is 0 Å². The number of rotatable bonds is 4. The molecule has 0 aliphatic carbocycles. The zero-order chi connectivity index (χ0) is 14.7. The molecule has 1 aliphatic heterocycles. The lowest BCUT2D eigenvalue weighted by Gasteiger charge is -2.36. The van der Waals surface area contributed by atoms with Crippen LogP contribution in [0.3, 0.4) is 0 Å². The van der Waals surface area contributed by atoms with Crippen LogP contribution in [0.1, 0.15) is 36.9 Å². The molecular weight excluding hydrogens is 255 g/mol. The van der Waals surface area contributed by atoms with Crippen molar-refractivity contribution < 1.29 is 9.13 Å². The third-order valence-corrected chi connectivity index (χ3v) is 4.06. The van der Waals surface area contributed by atoms with Crippen molar-refractivity contribution in [2.45, 2.75) is 32.7 Å². The predicted octanol–water partition coefficient (Wildman–Crippen LogP) is 3.02. The predicted molar refractivity (Wildman–Crippen MR) is 80.6 cm³/mol. The Balaban J connectivity index is 2.28. The molecule has 1 fully saturated rings. The molecule has 4 heteroatoms. The van der Waals surface area contributed by atoms with Crippen LogP contribution in [0, 0.1) is 18.7 Å². The lowest BCUT2D eigenvalue weighted by Crippen LogP contribution is -2.38. The Labute approximate surface area is 120 Å². The van der Waals surface area contributed by atoms with Crippen LogP contribution in [0.15, 0.2) is 12.1 Å². The van der Waals surface area contributed by atoms with E-state index in [1.165, 1.54) is 6.42 Å². The molecule has 2 atom stereocenters. The maximum Gasteiger partial charge on any atom is 0.126 e. The van der Waals surface area contributed by atoms with Crippen molar-refractivity contribution >= 4 is 5.69 Å². The van der Waals surface area contributed by atoms with Gasteiger partial charge in [0.25, 0.3) is 0 Å². The molecule has 0 spiro atoms. The van der Waals surface area contributed by atoms with Gasteiger partial charge in [0.1, 0.15) is 5.82 Å². The maximum atomic E-state index is 13.8. The molecule has 2 rings (SSSR count). The SMILES string of the molecule is COCC1CCCN(c2cc(C)c(F)cc2[C@H](C)N)C1. The summed E-state index contributed by atoms with van der Waals surface area (Å²) in [5, 5.41) is 0.